The van der Waals surface area contributed by atoms with Gasteiger partial charge in [-0.3, -0.25) is 0 Å². The van der Waals surface area contributed by atoms with Crippen LogP contribution in [-0.2, 0) is 17.3 Å². The van der Waals surface area contributed by atoms with Gasteiger partial charge in [-0.05, 0) is 124 Å². The van der Waals surface area contributed by atoms with Crippen molar-refractivity contribution in [1.82, 2.24) is 0 Å². The largest absolute Gasteiger partial charge is 0.457 e. The van der Waals surface area contributed by atoms with Gasteiger partial charge in [0, 0.05) is 45.5 Å². The third kappa shape index (κ3) is 6.80. The van der Waals surface area contributed by atoms with E-state index in [4.69, 9.17) is 11.2 Å². The van der Waals surface area contributed by atoms with Crippen molar-refractivity contribution in [1.29, 1.82) is 0 Å². The van der Waals surface area contributed by atoms with Crippen molar-refractivity contribution in [2.45, 2.75) is 51.9 Å². The zero-order valence-corrected chi connectivity index (χ0v) is 36.5. The summed E-state index contributed by atoms with van der Waals surface area (Å²) >= 11 is 0. The minimum Gasteiger partial charge on any atom is -0.457 e. The van der Waals surface area contributed by atoms with Crippen LogP contribution in [0.3, 0.4) is 0 Å². The molecule has 63 heavy (non-hydrogen) atoms. The molecule has 0 radical (unpaired) electrons. The fourth-order valence-corrected chi connectivity index (χ4v) is 9.82. The summed E-state index contributed by atoms with van der Waals surface area (Å²) < 4.78 is 6.75. The lowest BCUT2D eigenvalue weighted by atomic mass is 9.63. The first-order valence-electron chi connectivity index (χ1n) is 21.8. The number of aryl methyl sites for hydroxylation is 2. The van der Waals surface area contributed by atoms with Crippen molar-refractivity contribution in [3.05, 3.63) is 238 Å². The van der Waals surface area contributed by atoms with Gasteiger partial charge in [-0.15, -0.1) is 6.42 Å². The maximum absolute atomic E-state index is 6.75. The Kier molecular flexibility index (Phi) is 9.89. The van der Waals surface area contributed by atoms with E-state index in [9.17, 15) is 0 Å². The Morgan fingerprint density at radius 3 is 2.08 bits per heavy atom. The average Bonchev–Trinajstić information content (AvgIpc) is 3.29. The second-order valence-electron chi connectivity index (χ2n) is 17.8. The highest BCUT2D eigenvalue weighted by molar-refractivity contribution is 6.01. The predicted molar refractivity (Wildman–Crippen MR) is 265 cm³/mol. The van der Waals surface area contributed by atoms with E-state index in [0.717, 1.165) is 79.7 Å². The zero-order valence-electron chi connectivity index (χ0n) is 36.5. The summed E-state index contributed by atoms with van der Waals surface area (Å²) in [6, 6.07) is 61.2. The van der Waals surface area contributed by atoms with Crippen LogP contribution in [0.5, 0.6) is 11.5 Å². The van der Waals surface area contributed by atoms with Gasteiger partial charge in [-0.1, -0.05) is 160 Å². The van der Waals surface area contributed by atoms with Gasteiger partial charge in [0.2, 0.25) is 0 Å². The minimum atomic E-state index is -0.766. The normalized spacial score (nSPS) is 13.7. The molecular weight excluding hydrogens is 765 g/mol. The van der Waals surface area contributed by atoms with Crippen molar-refractivity contribution in [2.24, 2.45) is 0 Å². The van der Waals surface area contributed by atoms with Crippen LogP contribution in [0.2, 0.25) is 0 Å². The molecule has 1 heterocycles. The highest BCUT2D eigenvalue weighted by atomic mass is 16.5. The van der Waals surface area contributed by atoms with E-state index < -0.39 is 5.41 Å². The Balaban J connectivity index is 1.22. The number of rotatable bonds is 8. The van der Waals surface area contributed by atoms with E-state index in [-0.39, 0.29) is 5.41 Å². The first-order chi connectivity index (χ1) is 30.6. The van der Waals surface area contributed by atoms with E-state index >= 15 is 0 Å². The summed E-state index contributed by atoms with van der Waals surface area (Å²) in [5.74, 6) is 4.65. The van der Waals surface area contributed by atoms with Gasteiger partial charge in [0.05, 0.1) is 11.1 Å². The molecule has 0 spiro atoms. The van der Waals surface area contributed by atoms with Gasteiger partial charge in [-0.25, -0.2) is 0 Å². The van der Waals surface area contributed by atoms with Crippen LogP contribution < -0.4 is 15.0 Å². The SMILES string of the molecule is C#C/C=C(\c1ccc2cc(C(C)(C)C)cc3c2c1CC=C3)N(c1cccc(C2(c3cccc(Nc4ccccc4C)c3)c3ccccc3Oc3ccccc32)c1)c1ccccc1C. The highest BCUT2D eigenvalue weighted by Gasteiger charge is 2.45. The van der Waals surface area contributed by atoms with Crippen molar-refractivity contribution in [2.75, 3.05) is 10.2 Å². The van der Waals surface area contributed by atoms with E-state index in [2.05, 4.69) is 233 Å². The van der Waals surface area contributed by atoms with E-state index in [1.165, 1.54) is 33.0 Å². The Morgan fingerprint density at radius 1 is 0.698 bits per heavy atom. The number of terminal acetylenes is 1. The molecule has 0 aromatic heterocycles. The first-order valence-corrected chi connectivity index (χ1v) is 21.8. The lowest BCUT2D eigenvalue weighted by Gasteiger charge is -2.42. The zero-order chi connectivity index (χ0) is 43.3. The van der Waals surface area contributed by atoms with Crippen LogP contribution in [0.15, 0.2) is 182 Å². The number of fused-ring (bicyclic) bond motifs is 2. The molecule has 8 aromatic carbocycles. The van der Waals surface area contributed by atoms with Gasteiger partial charge in [-0.2, -0.15) is 0 Å². The van der Waals surface area contributed by atoms with Gasteiger partial charge in [0.15, 0.2) is 0 Å². The average molecular weight is 815 g/mol. The molecular formula is C60H50N2O. The third-order valence-electron chi connectivity index (χ3n) is 12.9. The lowest BCUT2D eigenvalue weighted by molar-refractivity contribution is 0.434. The number of anilines is 4. The standard InChI is InChI=1S/C60H50N2O/c1-7-19-55(49-35-34-43-37-46(59(4,5)6)36-42-22-16-27-50(49)58(42)43)62(54-31-13-9-21-41(54)3)48-26-18-24-45(39-48)60(44-23-17-25-47(38-44)61-53-30-12-8-20-40(53)2)51-28-10-14-32-56(51)63-57-33-15-11-29-52(57)60/h1,8-26,28-39,61H,27H2,2-6H3/b55-19+. The summed E-state index contributed by atoms with van der Waals surface area (Å²) in [6.07, 6.45) is 13.7. The Morgan fingerprint density at radius 2 is 1.37 bits per heavy atom. The van der Waals surface area contributed by atoms with Crippen LogP contribution in [0.25, 0.3) is 22.5 Å². The lowest BCUT2D eigenvalue weighted by Crippen LogP contribution is -2.34. The Hall–Kier alpha value is -7.54. The van der Waals surface area contributed by atoms with Crippen molar-refractivity contribution in [3.8, 4) is 23.8 Å². The van der Waals surface area contributed by atoms with Crippen molar-refractivity contribution in [3.63, 3.8) is 0 Å². The summed E-state index contributed by atoms with van der Waals surface area (Å²) in [6.45, 7) is 11.2. The predicted octanol–water partition coefficient (Wildman–Crippen LogP) is 15.4. The van der Waals surface area contributed by atoms with Gasteiger partial charge < -0.3 is 15.0 Å². The molecule has 3 nitrogen and oxygen atoms in total. The molecule has 1 aliphatic heterocycles. The van der Waals surface area contributed by atoms with Gasteiger partial charge in [0.1, 0.15) is 11.5 Å². The first kappa shape index (κ1) is 39.6. The van der Waals surface area contributed by atoms with E-state index in [1.54, 1.807) is 0 Å². The molecule has 0 amide bonds. The topological polar surface area (TPSA) is 24.5 Å². The number of nitrogens with one attached hydrogen (secondary N) is 1. The number of allylic oxidation sites excluding steroid dienone is 2. The molecule has 306 valence electrons. The fraction of sp³-hybridized carbons (Fsp3) is 0.133. The number of hydrogen-bond donors (Lipinski definition) is 1. The van der Waals surface area contributed by atoms with Crippen LogP contribution in [0.4, 0.5) is 22.7 Å². The van der Waals surface area contributed by atoms with Crippen molar-refractivity contribution >= 4 is 45.3 Å². The maximum atomic E-state index is 6.75. The molecule has 0 atom stereocenters. The van der Waals surface area contributed by atoms with Crippen LogP contribution >= 0.6 is 0 Å². The monoisotopic (exact) mass is 814 g/mol. The molecule has 0 saturated carbocycles. The molecule has 2 aliphatic rings. The molecule has 0 unspecified atom stereocenters. The molecule has 8 aromatic rings. The number of benzene rings is 8. The number of hydrogen-bond acceptors (Lipinski definition) is 3. The summed E-state index contributed by atoms with van der Waals surface area (Å²) in [5.41, 5.74) is 16.0. The summed E-state index contributed by atoms with van der Waals surface area (Å²) in [5, 5.41) is 6.29. The Labute approximate surface area is 372 Å². The molecule has 0 fully saturated rings. The highest BCUT2D eigenvalue weighted by Crippen LogP contribution is 2.56. The molecule has 10 rings (SSSR count). The van der Waals surface area contributed by atoms with Crippen LogP contribution in [0, 0.1) is 26.2 Å². The minimum absolute atomic E-state index is 0.0254. The van der Waals surface area contributed by atoms with Gasteiger partial charge in [0.25, 0.3) is 0 Å². The van der Waals surface area contributed by atoms with Crippen LogP contribution in [-0.4, -0.2) is 0 Å². The molecule has 0 saturated heterocycles. The number of nitrogens with zero attached hydrogens (tertiary/aromatic N) is 1. The molecule has 1 aliphatic carbocycles. The maximum Gasteiger partial charge on any atom is 0.132 e. The smallest absolute Gasteiger partial charge is 0.132 e. The molecule has 0 bridgehead atoms. The number of ether oxygens (including phenoxy) is 1. The Bertz CT molecular complexity index is 3140. The van der Waals surface area contributed by atoms with E-state index in [0.29, 0.717) is 0 Å². The molecule has 3 heteroatoms. The second kappa shape index (κ2) is 15.7. The number of para-hydroxylation sites is 4. The summed E-state index contributed by atoms with van der Waals surface area (Å²) in [7, 11) is 0. The van der Waals surface area contributed by atoms with Gasteiger partial charge >= 0.3 is 0 Å². The summed E-state index contributed by atoms with van der Waals surface area (Å²) in [4.78, 5) is 2.37. The third-order valence-corrected chi connectivity index (χ3v) is 12.9. The quantitative estimate of drug-likeness (QED) is 0.155. The fourth-order valence-electron chi connectivity index (χ4n) is 9.82. The second-order valence-corrected chi connectivity index (χ2v) is 17.8. The molecule has 1 N–H and O–H groups in total. The van der Waals surface area contributed by atoms with Crippen LogP contribution in [0.1, 0.15) is 76.4 Å². The van der Waals surface area contributed by atoms with Crippen molar-refractivity contribution < 1.29 is 4.74 Å². The van der Waals surface area contributed by atoms with E-state index in [1.807, 2.05) is 6.08 Å².